The van der Waals surface area contributed by atoms with Gasteiger partial charge in [0, 0.05) is 35.9 Å². The van der Waals surface area contributed by atoms with E-state index in [1.165, 1.54) is 0 Å². The topological polar surface area (TPSA) is 75.2 Å². The maximum Gasteiger partial charge on any atom is 0.130 e. The Kier molecular flexibility index (Phi) is 4.87. The number of ether oxygens (including phenoxy) is 1. The maximum absolute atomic E-state index is 5.64. The summed E-state index contributed by atoms with van der Waals surface area (Å²) in [5, 5.41) is 1.09. The van der Waals surface area contributed by atoms with E-state index < -0.39 is 0 Å². The molecule has 0 bridgehead atoms. The van der Waals surface area contributed by atoms with E-state index in [1.807, 2.05) is 19.2 Å². The quantitative estimate of drug-likeness (QED) is 0.712. The van der Waals surface area contributed by atoms with Crippen LogP contribution in [0, 0.1) is 6.92 Å². The van der Waals surface area contributed by atoms with Gasteiger partial charge < -0.3 is 9.64 Å². The minimum Gasteiger partial charge on any atom is -0.377 e. The highest BCUT2D eigenvalue weighted by atomic mass is 16.5. The number of hydrogen-bond donors (Lipinski definition) is 2. The molecule has 2 saturated heterocycles. The number of fused-ring (bicyclic) bond motifs is 1. The monoisotopic (exact) mass is 390 g/mol. The van der Waals surface area contributed by atoms with Crippen molar-refractivity contribution >= 4 is 16.7 Å². The van der Waals surface area contributed by atoms with Crippen LogP contribution in [-0.2, 0) is 4.74 Å². The molecule has 2 fully saturated rings. The van der Waals surface area contributed by atoms with Gasteiger partial charge in [0.05, 0.1) is 42.2 Å². The van der Waals surface area contributed by atoms with Gasteiger partial charge in [0.15, 0.2) is 0 Å². The van der Waals surface area contributed by atoms with Crippen LogP contribution in [0.5, 0.6) is 0 Å². The van der Waals surface area contributed by atoms with Crippen LogP contribution in [0.4, 0.5) is 5.82 Å². The molecule has 3 aromatic heterocycles. The predicted octanol–water partition coefficient (Wildman–Crippen LogP) is 2.76. The van der Waals surface area contributed by atoms with Gasteiger partial charge in [-0.15, -0.1) is 0 Å². The lowest BCUT2D eigenvalue weighted by molar-refractivity contribution is 0.0986. The SMILES string of the molecule is Cc1cccc(-c2cc(N3CCOC[C@H]3C)nc3c(C4CCNN4)nccc23)n1. The van der Waals surface area contributed by atoms with E-state index in [2.05, 4.69) is 46.9 Å². The van der Waals surface area contributed by atoms with Crippen LogP contribution >= 0.6 is 0 Å². The normalized spacial score (nSPS) is 22.3. The molecule has 3 aromatic rings. The van der Waals surface area contributed by atoms with Gasteiger partial charge in [-0.25, -0.2) is 10.4 Å². The lowest BCUT2D eigenvalue weighted by atomic mass is 10.0. The summed E-state index contributed by atoms with van der Waals surface area (Å²) in [5.41, 5.74) is 11.6. The zero-order chi connectivity index (χ0) is 19.8. The van der Waals surface area contributed by atoms with Crippen molar-refractivity contribution in [3.63, 3.8) is 0 Å². The molecule has 7 nitrogen and oxygen atoms in total. The molecular weight excluding hydrogens is 364 g/mol. The first-order valence-electron chi connectivity index (χ1n) is 10.3. The van der Waals surface area contributed by atoms with E-state index >= 15 is 0 Å². The Morgan fingerprint density at radius 3 is 2.93 bits per heavy atom. The zero-order valence-corrected chi connectivity index (χ0v) is 16.9. The van der Waals surface area contributed by atoms with Crippen molar-refractivity contribution in [2.24, 2.45) is 0 Å². The largest absolute Gasteiger partial charge is 0.377 e. The summed E-state index contributed by atoms with van der Waals surface area (Å²) in [6.45, 7) is 7.40. The number of morpholine rings is 1. The first-order valence-corrected chi connectivity index (χ1v) is 10.3. The average Bonchev–Trinajstić information content (AvgIpc) is 3.27. The molecule has 0 spiro atoms. The van der Waals surface area contributed by atoms with Crippen LogP contribution in [0.25, 0.3) is 22.2 Å². The van der Waals surface area contributed by atoms with E-state index in [0.717, 1.165) is 65.5 Å². The van der Waals surface area contributed by atoms with Gasteiger partial charge in [0.25, 0.3) is 0 Å². The highest BCUT2D eigenvalue weighted by molar-refractivity contribution is 5.96. The highest BCUT2D eigenvalue weighted by Crippen LogP contribution is 2.34. The molecule has 2 aliphatic rings. The van der Waals surface area contributed by atoms with Crippen LogP contribution < -0.4 is 15.8 Å². The van der Waals surface area contributed by atoms with Gasteiger partial charge in [-0.1, -0.05) is 6.07 Å². The van der Waals surface area contributed by atoms with Gasteiger partial charge in [-0.3, -0.25) is 15.4 Å². The smallest absolute Gasteiger partial charge is 0.130 e. The molecule has 2 N–H and O–H groups in total. The van der Waals surface area contributed by atoms with Gasteiger partial charge in [-0.2, -0.15) is 0 Å². The maximum atomic E-state index is 5.64. The predicted molar refractivity (Wildman–Crippen MR) is 114 cm³/mol. The third-order valence-corrected chi connectivity index (χ3v) is 5.73. The molecule has 29 heavy (non-hydrogen) atoms. The molecule has 0 amide bonds. The van der Waals surface area contributed by atoms with Crippen molar-refractivity contribution in [1.82, 2.24) is 25.8 Å². The number of rotatable bonds is 3. The number of nitrogens with one attached hydrogen (secondary N) is 2. The number of nitrogens with zero attached hydrogens (tertiary/aromatic N) is 4. The van der Waals surface area contributed by atoms with E-state index in [-0.39, 0.29) is 12.1 Å². The second kappa shape index (κ2) is 7.67. The van der Waals surface area contributed by atoms with Crippen LogP contribution in [0.3, 0.4) is 0 Å². The van der Waals surface area contributed by atoms with Gasteiger partial charge in [0.1, 0.15) is 5.82 Å². The van der Waals surface area contributed by atoms with Crippen LogP contribution in [0.2, 0.25) is 0 Å². The summed E-state index contributed by atoms with van der Waals surface area (Å²) in [5.74, 6) is 0.965. The van der Waals surface area contributed by atoms with Gasteiger partial charge in [-0.05, 0) is 44.5 Å². The van der Waals surface area contributed by atoms with E-state index in [0.29, 0.717) is 6.61 Å². The summed E-state index contributed by atoms with van der Waals surface area (Å²) in [7, 11) is 0. The summed E-state index contributed by atoms with van der Waals surface area (Å²) >= 11 is 0. The Labute approximate surface area is 170 Å². The zero-order valence-electron chi connectivity index (χ0n) is 16.9. The number of aromatic nitrogens is 3. The van der Waals surface area contributed by atoms with Crippen molar-refractivity contribution in [3.8, 4) is 11.3 Å². The van der Waals surface area contributed by atoms with Crippen molar-refractivity contribution in [3.05, 3.63) is 47.9 Å². The van der Waals surface area contributed by atoms with E-state index in [1.54, 1.807) is 0 Å². The van der Waals surface area contributed by atoms with Crippen molar-refractivity contribution < 1.29 is 4.74 Å². The Bertz CT molecular complexity index is 1030. The van der Waals surface area contributed by atoms with E-state index in [4.69, 9.17) is 19.7 Å². The summed E-state index contributed by atoms with van der Waals surface area (Å²) in [4.78, 5) is 17.0. The molecule has 7 heteroatoms. The third kappa shape index (κ3) is 3.46. The molecule has 5 heterocycles. The van der Waals surface area contributed by atoms with E-state index in [9.17, 15) is 0 Å². The molecule has 0 aliphatic carbocycles. The third-order valence-electron chi connectivity index (χ3n) is 5.73. The van der Waals surface area contributed by atoms with Gasteiger partial charge in [0.2, 0.25) is 0 Å². The molecule has 0 aromatic carbocycles. The molecule has 1 unspecified atom stereocenters. The fourth-order valence-corrected chi connectivity index (χ4v) is 4.22. The van der Waals surface area contributed by atoms with Crippen LogP contribution in [0.15, 0.2) is 36.5 Å². The fraction of sp³-hybridized carbons (Fsp3) is 0.409. The van der Waals surface area contributed by atoms with Gasteiger partial charge >= 0.3 is 0 Å². The number of pyridine rings is 3. The molecule has 5 rings (SSSR count). The standard InChI is InChI=1S/C22H26N6O/c1-14-4-3-5-18(25-14)17-12-20(28-10-11-29-13-15(28)2)26-21-16(17)6-8-23-22(21)19-7-9-24-27-19/h3-6,8,12,15,19,24,27H,7,9-11,13H2,1-2H3/t15-,19?/m1/s1. The molecule has 150 valence electrons. The molecule has 2 aliphatic heterocycles. The first kappa shape index (κ1) is 18.4. The van der Waals surface area contributed by atoms with Crippen molar-refractivity contribution in [2.45, 2.75) is 32.4 Å². The first-order chi connectivity index (χ1) is 14.2. The Hall–Kier alpha value is -2.61. The highest BCUT2D eigenvalue weighted by Gasteiger charge is 2.25. The Balaban J connectivity index is 1.74. The minimum atomic E-state index is 0.155. The fourth-order valence-electron chi connectivity index (χ4n) is 4.22. The van der Waals surface area contributed by atoms with Crippen molar-refractivity contribution in [1.29, 1.82) is 0 Å². The number of aryl methyl sites for hydroxylation is 1. The average molecular weight is 390 g/mol. The van der Waals surface area contributed by atoms with Crippen LogP contribution in [-0.4, -0.2) is 47.3 Å². The van der Waals surface area contributed by atoms with Crippen LogP contribution in [0.1, 0.15) is 30.8 Å². The van der Waals surface area contributed by atoms with Crippen molar-refractivity contribution in [2.75, 3.05) is 31.2 Å². The molecule has 0 radical (unpaired) electrons. The molecule has 2 atom stereocenters. The summed E-state index contributed by atoms with van der Waals surface area (Å²) in [6.07, 6.45) is 2.87. The summed E-state index contributed by atoms with van der Waals surface area (Å²) < 4.78 is 5.64. The number of hydrogen-bond acceptors (Lipinski definition) is 7. The summed E-state index contributed by atoms with van der Waals surface area (Å²) in [6, 6.07) is 10.8. The number of anilines is 1. The second-order valence-corrected chi connectivity index (χ2v) is 7.81. The number of hydrazine groups is 1. The minimum absolute atomic E-state index is 0.155. The molecule has 0 saturated carbocycles. The second-order valence-electron chi connectivity index (χ2n) is 7.81. The Morgan fingerprint density at radius 1 is 1.21 bits per heavy atom. The Morgan fingerprint density at radius 2 is 2.14 bits per heavy atom. The lowest BCUT2D eigenvalue weighted by Gasteiger charge is -2.34. The lowest BCUT2D eigenvalue weighted by Crippen LogP contribution is -2.44. The molecular formula is C22H26N6O.